The number of likely N-dealkylation sites (tertiary alicyclic amines) is 1. The van der Waals surface area contributed by atoms with Crippen LogP contribution in [0.4, 0.5) is 5.69 Å². The molecule has 1 aliphatic carbocycles. The minimum absolute atomic E-state index is 0.100. The van der Waals surface area contributed by atoms with Crippen LogP contribution in [0.1, 0.15) is 36.8 Å². The van der Waals surface area contributed by atoms with E-state index in [0.717, 1.165) is 43.1 Å². The summed E-state index contributed by atoms with van der Waals surface area (Å²) < 4.78 is 0. The number of nitrogens with zero attached hydrogens (tertiary/aromatic N) is 1. The zero-order valence-electron chi connectivity index (χ0n) is 14.4. The van der Waals surface area contributed by atoms with Crippen LogP contribution < -0.4 is 10.6 Å². The third-order valence-electron chi connectivity index (χ3n) is 5.23. The normalized spacial score (nSPS) is 19.7. The number of carbonyl (C=O) groups is 1. The fourth-order valence-electron chi connectivity index (χ4n) is 3.23. The van der Waals surface area contributed by atoms with Gasteiger partial charge in [-0.15, -0.1) is 0 Å². The number of hydrogen-bond acceptors (Lipinski definition) is 3. The Labute approximate surface area is 139 Å². The fourth-order valence-corrected chi connectivity index (χ4v) is 3.23. The monoisotopic (exact) mass is 315 g/mol. The molecule has 126 valence electrons. The summed E-state index contributed by atoms with van der Waals surface area (Å²) in [7, 11) is 0. The van der Waals surface area contributed by atoms with Gasteiger partial charge in [0.15, 0.2) is 0 Å². The summed E-state index contributed by atoms with van der Waals surface area (Å²) in [6.07, 6.45) is 5.13. The predicted molar refractivity (Wildman–Crippen MR) is 94.7 cm³/mol. The highest BCUT2D eigenvalue weighted by atomic mass is 16.2. The van der Waals surface area contributed by atoms with Crippen LogP contribution in [0.15, 0.2) is 18.2 Å². The second kappa shape index (κ2) is 7.45. The molecule has 0 aromatic heterocycles. The smallest absolute Gasteiger partial charge is 0.238 e. The van der Waals surface area contributed by atoms with Crippen molar-refractivity contribution in [2.45, 2.75) is 45.6 Å². The molecular formula is C19H29N3O. The van der Waals surface area contributed by atoms with E-state index in [1.165, 1.54) is 24.9 Å². The third-order valence-corrected chi connectivity index (χ3v) is 5.23. The molecule has 2 fully saturated rings. The van der Waals surface area contributed by atoms with Crippen molar-refractivity contribution < 1.29 is 4.79 Å². The summed E-state index contributed by atoms with van der Waals surface area (Å²) in [5.74, 6) is 1.04. The first-order valence-corrected chi connectivity index (χ1v) is 8.93. The summed E-state index contributed by atoms with van der Waals surface area (Å²) in [5.41, 5.74) is 3.31. The highest BCUT2D eigenvalue weighted by Gasteiger charge is 2.25. The van der Waals surface area contributed by atoms with E-state index in [0.29, 0.717) is 12.6 Å². The van der Waals surface area contributed by atoms with Crippen molar-refractivity contribution in [2.24, 2.45) is 5.92 Å². The van der Waals surface area contributed by atoms with E-state index in [9.17, 15) is 4.79 Å². The number of nitrogens with one attached hydrogen (secondary N) is 2. The van der Waals surface area contributed by atoms with E-state index in [1.807, 2.05) is 12.1 Å². The lowest BCUT2D eigenvalue weighted by molar-refractivity contribution is -0.117. The molecule has 1 aromatic carbocycles. The molecule has 1 aliphatic heterocycles. The second-order valence-electron chi connectivity index (χ2n) is 7.20. The number of anilines is 1. The topological polar surface area (TPSA) is 44.4 Å². The lowest BCUT2D eigenvalue weighted by Gasteiger charge is -2.32. The van der Waals surface area contributed by atoms with Gasteiger partial charge in [-0.1, -0.05) is 12.1 Å². The van der Waals surface area contributed by atoms with Crippen LogP contribution in [0.25, 0.3) is 0 Å². The van der Waals surface area contributed by atoms with Crippen molar-refractivity contribution in [2.75, 3.05) is 31.5 Å². The summed E-state index contributed by atoms with van der Waals surface area (Å²) >= 11 is 0. The molecule has 1 saturated heterocycles. The number of aryl methyl sites for hydroxylation is 1. The minimum Gasteiger partial charge on any atom is -0.325 e. The largest absolute Gasteiger partial charge is 0.325 e. The Morgan fingerprint density at radius 2 is 1.91 bits per heavy atom. The van der Waals surface area contributed by atoms with E-state index in [4.69, 9.17) is 0 Å². The lowest BCUT2D eigenvalue weighted by Crippen LogP contribution is -2.45. The van der Waals surface area contributed by atoms with E-state index in [1.54, 1.807) is 0 Å². The summed E-state index contributed by atoms with van der Waals surface area (Å²) in [6, 6.07) is 6.70. The standard InChI is InChI=1S/C19H29N3O/c1-14-4-3-5-18(15(14)2)21-19(23)13-22-10-8-17(9-11-22)20-12-16-6-7-16/h3-5,16-17,20H,6-13H2,1-2H3,(H,21,23). The molecule has 1 aromatic rings. The molecule has 1 amide bonds. The van der Waals surface area contributed by atoms with E-state index in [2.05, 4.69) is 35.4 Å². The molecule has 0 unspecified atom stereocenters. The lowest BCUT2D eigenvalue weighted by atomic mass is 10.0. The van der Waals surface area contributed by atoms with Crippen LogP contribution in [0.5, 0.6) is 0 Å². The maximum Gasteiger partial charge on any atom is 0.238 e. The first-order chi connectivity index (χ1) is 11.1. The van der Waals surface area contributed by atoms with Crippen LogP contribution in [0, 0.1) is 19.8 Å². The fraction of sp³-hybridized carbons (Fsp3) is 0.632. The first kappa shape index (κ1) is 16.5. The number of piperidine rings is 1. The Morgan fingerprint density at radius 3 is 2.61 bits per heavy atom. The van der Waals surface area contributed by atoms with Crippen molar-refractivity contribution in [1.82, 2.24) is 10.2 Å². The summed E-state index contributed by atoms with van der Waals surface area (Å²) in [4.78, 5) is 14.6. The molecule has 0 bridgehead atoms. The average molecular weight is 315 g/mol. The van der Waals surface area contributed by atoms with Gasteiger partial charge in [-0.2, -0.15) is 0 Å². The number of benzene rings is 1. The highest BCUT2D eigenvalue weighted by Crippen LogP contribution is 2.28. The Balaban J connectivity index is 1.41. The third kappa shape index (κ3) is 4.79. The van der Waals surface area contributed by atoms with Gasteiger partial charge in [-0.3, -0.25) is 9.69 Å². The van der Waals surface area contributed by atoms with Gasteiger partial charge < -0.3 is 10.6 Å². The van der Waals surface area contributed by atoms with Crippen LogP contribution in [0.3, 0.4) is 0 Å². The molecule has 1 heterocycles. The highest BCUT2D eigenvalue weighted by molar-refractivity contribution is 5.93. The molecule has 0 radical (unpaired) electrons. The van der Waals surface area contributed by atoms with Gasteiger partial charge in [0.25, 0.3) is 0 Å². The molecule has 4 nitrogen and oxygen atoms in total. The minimum atomic E-state index is 0.100. The Hall–Kier alpha value is -1.39. The molecular weight excluding hydrogens is 286 g/mol. The first-order valence-electron chi connectivity index (χ1n) is 8.93. The maximum atomic E-state index is 12.3. The number of rotatable bonds is 6. The van der Waals surface area contributed by atoms with E-state index < -0.39 is 0 Å². The van der Waals surface area contributed by atoms with Gasteiger partial charge in [0, 0.05) is 24.8 Å². The van der Waals surface area contributed by atoms with Crippen molar-refractivity contribution >= 4 is 11.6 Å². The van der Waals surface area contributed by atoms with Crippen LogP contribution >= 0.6 is 0 Å². The van der Waals surface area contributed by atoms with Crippen molar-refractivity contribution in [3.05, 3.63) is 29.3 Å². The Kier molecular flexibility index (Phi) is 5.34. The molecule has 2 N–H and O–H groups in total. The van der Waals surface area contributed by atoms with Gasteiger partial charge in [0.1, 0.15) is 0 Å². The summed E-state index contributed by atoms with van der Waals surface area (Å²) in [5, 5.41) is 6.75. The quantitative estimate of drug-likeness (QED) is 0.848. The van der Waals surface area contributed by atoms with Crippen LogP contribution in [-0.2, 0) is 4.79 Å². The van der Waals surface area contributed by atoms with Gasteiger partial charge in [-0.05, 0) is 69.2 Å². The molecule has 1 saturated carbocycles. The molecule has 3 rings (SSSR count). The van der Waals surface area contributed by atoms with Crippen LogP contribution in [-0.4, -0.2) is 43.0 Å². The summed E-state index contributed by atoms with van der Waals surface area (Å²) in [6.45, 7) is 7.86. The molecule has 0 spiro atoms. The van der Waals surface area contributed by atoms with E-state index in [-0.39, 0.29) is 5.91 Å². The van der Waals surface area contributed by atoms with Gasteiger partial charge >= 0.3 is 0 Å². The van der Waals surface area contributed by atoms with Crippen LogP contribution in [0.2, 0.25) is 0 Å². The Bertz CT molecular complexity index is 546. The van der Waals surface area contributed by atoms with Crippen molar-refractivity contribution in [1.29, 1.82) is 0 Å². The SMILES string of the molecule is Cc1cccc(NC(=O)CN2CCC(NCC3CC3)CC2)c1C. The molecule has 2 aliphatic rings. The molecule has 23 heavy (non-hydrogen) atoms. The van der Waals surface area contributed by atoms with Gasteiger partial charge in [-0.25, -0.2) is 0 Å². The number of hydrogen-bond donors (Lipinski definition) is 2. The molecule has 4 heteroatoms. The van der Waals surface area contributed by atoms with Gasteiger partial charge in [0.2, 0.25) is 5.91 Å². The second-order valence-corrected chi connectivity index (χ2v) is 7.20. The maximum absolute atomic E-state index is 12.3. The number of amides is 1. The van der Waals surface area contributed by atoms with Crippen molar-refractivity contribution in [3.63, 3.8) is 0 Å². The zero-order valence-corrected chi connectivity index (χ0v) is 14.4. The van der Waals surface area contributed by atoms with Crippen molar-refractivity contribution in [3.8, 4) is 0 Å². The zero-order chi connectivity index (χ0) is 16.2. The number of carbonyl (C=O) groups excluding carboxylic acids is 1. The van der Waals surface area contributed by atoms with Gasteiger partial charge in [0.05, 0.1) is 6.54 Å². The predicted octanol–water partition coefficient (Wildman–Crippen LogP) is 2.71. The van der Waals surface area contributed by atoms with E-state index >= 15 is 0 Å². The Morgan fingerprint density at radius 1 is 1.17 bits per heavy atom. The average Bonchev–Trinajstić information content (AvgIpc) is 3.35. The molecule has 0 atom stereocenters.